The van der Waals surface area contributed by atoms with Crippen LogP contribution in [0.4, 0.5) is 11.6 Å². The SMILES string of the molecule is COc1cc(-c2cnc(Nc3ccccc3)nc2)ccc1C#N. The van der Waals surface area contributed by atoms with Crippen LogP contribution in [0.1, 0.15) is 5.56 Å². The topological polar surface area (TPSA) is 70.8 Å². The average Bonchev–Trinajstić information content (AvgIpc) is 2.62. The summed E-state index contributed by atoms with van der Waals surface area (Å²) in [6.45, 7) is 0. The van der Waals surface area contributed by atoms with E-state index in [9.17, 15) is 0 Å². The molecule has 0 fully saturated rings. The number of nitriles is 1. The summed E-state index contributed by atoms with van der Waals surface area (Å²) in [5.41, 5.74) is 3.18. The van der Waals surface area contributed by atoms with Gasteiger partial charge in [0.2, 0.25) is 5.95 Å². The molecule has 0 atom stereocenters. The van der Waals surface area contributed by atoms with Crippen molar-refractivity contribution in [2.75, 3.05) is 12.4 Å². The zero-order chi connectivity index (χ0) is 16.1. The Morgan fingerprint density at radius 1 is 1.00 bits per heavy atom. The first-order valence-corrected chi connectivity index (χ1v) is 7.03. The highest BCUT2D eigenvalue weighted by molar-refractivity contribution is 5.66. The first-order chi connectivity index (χ1) is 11.3. The summed E-state index contributed by atoms with van der Waals surface area (Å²) in [6, 6.07) is 17.2. The molecule has 3 aromatic rings. The number of benzene rings is 2. The molecule has 1 aromatic heterocycles. The van der Waals surface area contributed by atoms with Crippen LogP contribution < -0.4 is 10.1 Å². The van der Waals surface area contributed by atoms with Crippen LogP contribution in [0.5, 0.6) is 5.75 Å². The van der Waals surface area contributed by atoms with Gasteiger partial charge in [-0.3, -0.25) is 0 Å². The van der Waals surface area contributed by atoms with E-state index in [0.29, 0.717) is 17.3 Å². The zero-order valence-corrected chi connectivity index (χ0v) is 12.5. The van der Waals surface area contributed by atoms with E-state index >= 15 is 0 Å². The molecule has 0 radical (unpaired) electrons. The predicted molar refractivity (Wildman–Crippen MR) is 88.5 cm³/mol. The fourth-order valence-electron chi connectivity index (χ4n) is 2.16. The van der Waals surface area contributed by atoms with E-state index in [1.54, 1.807) is 25.6 Å². The number of anilines is 2. The molecule has 5 heteroatoms. The van der Waals surface area contributed by atoms with Crippen LogP contribution in [-0.4, -0.2) is 17.1 Å². The highest BCUT2D eigenvalue weighted by Gasteiger charge is 2.06. The lowest BCUT2D eigenvalue weighted by atomic mass is 10.1. The molecule has 0 aliphatic heterocycles. The fourth-order valence-corrected chi connectivity index (χ4v) is 2.16. The van der Waals surface area contributed by atoms with E-state index in [1.807, 2.05) is 42.5 Å². The summed E-state index contributed by atoms with van der Waals surface area (Å²) in [7, 11) is 1.54. The first-order valence-electron chi connectivity index (χ1n) is 7.03. The van der Waals surface area contributed by atoms with Gasteiger partial charge in [0.15, 0.2) is 0 Å². The molecule has 0 saturated heterocycles. The number of hydrogen-bond acceptors (Lipinski definition) is 5. The number of rotatable bonds is 4. The third-order valence-electron chi connectivity index (χ3n) is 3.34. The second-order valence-corrected chi connectivity index (χ2v) is 4.81. The Hall–Kier alpha value is -3.39. The molecule has 5 nitrogen and oxygen atoms in total. The lowest BCUT2D eigenvalue weighted by Crippen LogP contribution is -1.96. The van der Waals surface area contributed by atoms with Gasteiger partial charge in [-0.1, -0.05) is 24.3 Å². The molecule has 0 unspecified atom stereocenters. The number of para-hydroxylation sites is 1. The van der Waals surface area contributed by atoms with Crippen LogP contribution in [0.2, 0.25) is 0 Å². The minimum atomic E-state index is 0.500. The molecular formula is C18H14N4O. The van der Waals surface area contributed by atoms with E-state index < -0.39 is 0 Å². The van der Waals surface area contributed by atoms with E-state index in [0.717, 1.165) is 16.8 Å². The Bertz CT molecular complexity index is 839. The van der Waals surface area contributed by atoms with Crippen molar-refractivity contribution in [3.05, 3.63) is 66.5 Å². The fraction of sp³-hybridized carbons (Fsp3) is 0.0556. The largest absolute Gasteiger partial charge is 0.495 e. The maximum Gasteiger partial charge on any atom is 0.227 e. The van der Waals surface area contributed by atoms with Gasteiger partial charge in [0, 0.05) is 23.6 Å². The van der Waals surface area contributed by atoms with Crippen molar-refractivity contribution < 1.29 is 4.74 Å². The first kappa shape index (κ1) is 14.5. The van der Waals surface area contributed by atoms with E-state index in [1.165, 1.54) is 0 Å². The predicted octanol–water partition coefficient (Wildman–Crippen LogP) is 3.77. The van der Waals surface area contributed by atoms with Crippen molar-refractivity contribution >= 4 is 11.6 Å². The van der Waals surface area contributed by atoms with Gasteiger partial charge in [-0.2, -0.15) is 5.26 Å². The lowest BCUT2D eigenvalue weighted by Gasteiger charge is -2.07. The van der Waals surface area contributed by atoms with E-state index in [2.05, 4.69) is 21.4 Å². The van der Waals surface area contributed by atoms with Crippen LogP contribution in [0, 0.1) is 11.3 Å². The van der Waals surface area contributed by atoms with Gasteiger partial charge in [-0.15, -0.1) is 0 Å². The minimum absolute atomic E-state index is 0.500. The number of nitrogens with zero attached hydrogens (tertiary/aromatic N) is 3. The number of nitrogens with one attached hydrogen (secondary N) is 1. The standard InChI is InChI=1S/C18H14N4O/c1-23-17-9-13(7-8-14(17)10-19)15-11-20-18(21-12-15)22-16-5-3-2-4-6-16/h2-9,11-12H,1H3,(H,20,21,22). The van der Waals surface area contributed by atoms with Crippen molar-refractivity contribution in [2.45, 2.75) is 0 Å². The molecule has 1 heterocycles. The molecule has 0 amide bonds. The van der Waals surface area contributed by atoms with Crippen LogP contribution in [0.15, 0.2) is 60.9 Å². The maximum atomic E-state index is 9.02. The molecule has 0 saturated carbocycles. The Balaban J connectivity index is 1.84. The van der Waals surface area contributed by atoms with Crippen LogP contribution >= 0.6 is 0 Å². The third kappa shape index (κ3) is 3.27. The molecule has 2 aromatic carbocycles. The zero-order valence-electron chi connectivity index (χ0n) is 12.5. The number of methoxy groups -OCH3 is 1. The molecule has 23 heavy (non-hydrogen) atoms. The van der Waals surface area contributed by atoms with Gasteiger partial charge in [0.25, 0.3) is 0 Å². The highest BCUT2D eigenvalue weighted by Crippen LogP contribution is 2.26. The van der Waals surface area contributed by atoms with Gasteiger partial charge >= 0.3 is 0 Å². The monoisotopic (exact) mass is 302 g/mol. The average molecular weight is 302 g/mol. The van der Waals surface area contributed by atoms with Crippen molar-refractivity contribution in [2.24, 2.45) is 0 Å². The normalized spacial score (nSPS) is 9.91. The second-order valence-electron chi connectivity index (χ2n) is 4.81. The molecule has 0 aliphatic rings. The molecule has 112 valence electrons. The van der Waals surface area contributed by atoms with E-state index in [-0.39, 0.29) is 0 Å². The van der Waals surface area contributed by atoms with Gasteiger partial charge < -0.3 is 10.1 Å². The smallest absolute Gasteiger partial charge is 0.227 e. The Morgan fingerprint density at radius 3 is 2.39 bits per heavy atom. The summed E-state index contributed by atoms with van der Waals surface area (Å²) in [5, 5.41) is 12.2. The van der Waals surface area contributed by atoms with E-state index in [4.69, 9.17) is 10.00 Å². The molecule has 1 N–H and O–H groups in total. The quantitative estimate of drug-likeness (QED) is 0.794. The minimum Gasteiger partial charge on any atom is -0.495 e. The second kappa shape index (κ2) is 6.58. The molecular weight excluding hydrogens is 288 g/mol. The van der Waals surface area contributed by atoms with Gasteiger partial charge in [0.1, 0.15) is 11.8 Å². The summed E-state index contributed by atoms with van der Waals surface area (Å²) >= 11 is 0. The molecule has 3 rings (SSSR count). The summed E-state index contributed by atoms with van der Waals surface area (Å²) in [5.74, 6) is 1.07. The van der Waals surface area contributed by atoms with Crippen molar-refractivity contribution in [1.82, 2.24) is 9.97 Å². The summed E-state index contributed by atoms with van der Waals surface area (Å²) in [6.07, 6.45) is 3.47. The summed E-state index contributed by atoms with van der Waals surface area (Å²) in [4.78, 5) is 8.64. The van der Waals surface area contributed by atoms with Crippen LogP contribution in [0.25, 0.3) is 11.1 Å². The molecule has 0 bridgehead atoms. The molecule has 0 aliphatic carbocycles. The Morgan fingerprint density at radius 2 is 1.74 bits per heavy atom. The van der Waals surface area contributed by atoms with Crippen molar-refractivity contribution in [1.29, 1.82) is 5.26 Å². The maximum absolute atomic E-state index is 9.02. The van der Waals surface area contributed by atoms with Crippen molar-refractivity contribution in [3.8, 4) is 22.9 Å². The van der Waals surface area contributed by atoms with Gasteiger partial charge in [0.05, 0.1) is 12.7 Å². The number of ether oxygens (including phenoxy) is 1. The third-order valence-corrected chi connectivity index (χ3v) is 3.34. The van der Waals surface area contributed by atoms with Crippen LogP contribution in [-0.2, 0) is 0 Å². The Labute approximate surface area is 134 Å². The van der Waals surface area contributed by atoms with Crippen LogP contribution in [0.3, 0.4) is 0 Å². The van der Waals surface area contributed by atoms with Gasteiger partial charge in [-0.25, -0.2) is 9.97 Å². The van der Waals surface area contributed by atoms with Crippen molar-refractivity contribution in [3.63, 3.8) is 0 Å². The molecule has 0 spiro atoms. The number of hydrogen-bond donors (Lipinski definition) is 1. The lowest BCUT2D eigenvalue weighted by molar-refractivity contribution is 0.413. The number of aromatic nitrogens is 2. The Kier molecular flexibility index (Phi) is 4.16. The summed E-state index contributed by atoms with van der Waals surface area (Å²) < 4.78 is 5.23. The van der Waals surface area contributed by atoms with Gasteiger partial charge in [-0.05, 0) is 29.8 Å². The highest BCUT2D eigenvalue weighted by atomic mass is 16.5.